The van der Waals surface area contributed by atoms with Gasteiger partial charge in [0.05, 0.1) is 11.9 Å². The predicted molar refractivity (Wildman–Crippen MR) is 67.6 cm³/mol. The van der Waals surface area contributed by atoms with E-state index in [0.29, 0.717) is 0 Å². The van der Waals surface area contributed by atoms with Gasteiger partial charge in [0.1, 0.15) is 5.82 Å². The monoisotopic (exact) mass is 222 g/mol. The van der Waals surface area contributed by atoms with Crippen LogP contribution in [-0.4, -0.2) is 30.1 Å². The Morgan fingerprint density at radius 3 is 2.75 bits per heavy atom. The second-order valence-corrected chi connectivity index (χ2v) is 3.83. The molecule has 0 atom stereocenters. The minimum Gasteiger partial charge on any atom is -0.356 e. The Morgan fingerprint density at radius 1 is 1.31 bits per heavy atom. The molecule has 1 aromatic rings. The van der Waals surface area contributed by atoms with Crippen LogP contribution in [0.15, 0.2) is 12.4 Å². The summed E-state index contributed by atoms with van der Waals surface area (Å²) in [5.41, 5.74) is 0.995. The smallest absolute Gasteiger partial charge is 0.147 e. The normalized spacial score (nSPS) is 10.4. The number of hydrogen-bond acceptors (Lipinski definition) is 4. The highest BCUT2D eigenvalue weighted by atomic mass is 15.2. The average Bonchev–Trinajstić information content (AvgIpc) is 2.31. The topological polar surface area (TPSA) is 41.1 Å². The molecule has 4 nitrogen and oxygen atoms in total. The largest absolute Gasteiger partial charge is 0.356 e. The number of nitrogens with one attached hydrogen (secondary N) is 1. The van der Waals surface area contributed by atoms with Crippen molar-refractivity contribution in [1.29, 1.82) is 0 Å². The fourth-order valence-electron chi connectivity index (χ4n) is 1.60. The van der Waals surface area contributed by atoms with Crippen LogP contribution in [0.25, 0.3) is 0 Å². The lowest BCUT2D eigenvalue weighted by Crippen LogP contribution is -2.25. The van der Waals surface area contributed by atoms with Crippen molar-refractivity contribution in [3.63, 3.8) is 0 Å². The number of unbranched alkanes of at least 4 members (excludes halogenated alkanes) is 1. The summed E-state index contributed by atoms with van der Waals surface area (Å²) in [6.45, 7) is 7.17. The van der Waals surface area contributed by atoms with Gasteiger partial charge in [-0.15, -0.1) is 0 Å². The summed E-state index contributed by atoms with van der Waals surface area (Å²) in [6.07, 6.45) is 6.07. The van der Waals surface area contributed by atoms with Crippen molar-refractivity contribution in [2.75, 3.05) is 25.0 Å². The third-order valence-electron chi connectivity index (χ3n) is 2.52. The molecule has 0 aliphatic carbocycles. The van der Waals surface area contributed by atoms with Gasteiger partial charge in [0.2, 0.25) is 0 Å². The third-order valence-corrected chi connectivity index (χ3v) is 2.52. The van der Waals surface area contributed by atoms with Gasteiger partial charge in [-0.3, -0.25) is 4.98 Å². The number of hydrogen-bond donors (Lipinski definition) is 1. The maximum absolute atomic E-state index is 4.59. The van der Waals surface area contributed by atoms with Crippen LogP contribution in [0.5, 0.6) is 0 Å². The maximum atomic E-state index is 4.59. The Hall–Kier alpha value is -1.16. The zero-order chi connectivity index (χ0) is 11.8. The first-order valence-corrected chi connectivity index (χ1v) is 6.02. The molecule has 0 aliphatic heterocycles. The van der Waals surface area contributed by atoms with Crippen LogP contribution < -0.4 is 10.2 Å². The van der Waals surface area contributed by atoms with Gasteiger partial charge < -0.3 is 10.2 Å². The van der Waals surface area contributed by atoms with Crippen molar-refractivity contribution in [2.24, 2.45) is 0 Å². The SMILES string of the molecule is CCCCN(CC)c1cncc(CNC)n1. The van der Waals surface area contributed by atoms with E-state index in [4.69, 9.17) is 0 Å². The molecule has 0 radical (unpaired) electrons. The Morgan fingerprint density at radius 2 is 2.12 bits per heavy atom. The van der Waals surface area contributed by atoms with Crippen LogP contribution in [0.3, 0.4) is 0 Å². The number of aromatic nitrogens is 2. The minimum absolute atomic E-state index is 0.770. The van der Waals surface area contributed by atoms with Crippen LogP contribution in [-0.2, 0) is 6.54 Å². The highest BCUT2D eigenvalue weighted by Gasteiger charge is 2.06. The lowest BCUT2D eigenvalue weighted by atomic mass is 10.3. The molecular formula is C12H22N4. The second-order valence-electron chi connectivity index (χ2n) is 3.83. The molecule has 0 unspecified atom stereocenters. The average molecular weight is 222 g/mol. The van der Waals surface area contributed by atoms with E-state index in [1.54, 1.807) is 0 Å². The molecule has 4 heteroatoms. The van der Waals surface area contributed by atoms with Crippen LogP contribution in [0.2, 0.25) is 0 Å². The lowest BCUT2D eigenvalue weighted by Gasteiger charge is -2.21. The second kappa shape index (κ2) is 7.17. The number of nitrogens with zero attached hydrogens (tertiary/aromatic N) is 3. The van der Waals surface area contributed by atoms with E-state index in [1.807, 2.05) is 19.4 Å². The molecule has 0 spiro atoms. The molecule has 0 saturated heterocycles. The summed E-state index contributed by atoms with van der Waals surface area (Å²) in [5.74, 6) is 0.990. The van der Waals surface area contributed by atoms with Crippen molar-refractivity contribution in [3.05, 3.63) is 18.1 Å². The predicted octanol–water partition coefficient (Wildman–Crippen LogP) is 1.82. The van der Waals surface area contributed by atoms with E-state index in [-0.39, 0.29) is 0 Å². The summed E-state index contributed by atoms with van der Waals surface area (Å²) in [4.78, 5) is 11.1. The summed E-state index contributed by atoms with van der Waals surface area (Å²) in [6, 6.07) is 0. The standard InChI is InChI=1S/C12H22N4/c1-4-6-7-16(5-2)12-10-14-9-11(15-12)8-13-3/h9-10,13H,4-8H2,1-3H3. The first kappa shape index (κ1) is 12.9. The van der Waals surface area contributed by atoms with E-state index in [2.05, 4.69) is 34.0 Å². The van der Waals surface area contributed by atoms with E-state index >= 15 is 0 Å². The van der Waals surface area contributed by atoms with E-state index < -0.39 is 0 Å². The van der Waals surface area contributed by atoms with Crippen molar-refractivity contribution in [2.45, 2.75) is 33.2 Å². The number of anilines is 1. The molecule has 1 heterocycles. The maximum Gasteiger partial charge on any atom is 0.147 e. The first-order valence-electron chi connectivity index (χ1n) is 6.02. The van der Waals surface area contributed by atoms with Crippen LogP contribution in [0.1, 0.15) is 32.4 Å². The van der Waals surface area contributed by atoms with Gasteiger partial charge >= 0.3 is 0 Å². The minimum atomic E-state index is 0.770. The molecule has 0 bridgehead atoms. The number of rotatable bonds is 7. The fraction of sp³-hybridized carbons (Fsp3) is 0.667. The summed E-state index contributed by atoms with van der Waals surface area (Å²) in [7, 11) is 1.92. The van der Waals surface area contributed by atoms with Gasteiger partial charge in [0.15, 0.2) is 0 Å². The van der Waals surface area contributed by atoms with Crippen LogP contribution in [0.4, 0.5) is 5.82 Å². The molecule has 1 aromatic heterocycles. The third kappa shape index (κ3) is 3.77. The van der Waals surface area contributed by atoms with Gasteiger partial charge in [-0.25, -0.2) is 4.98 Å². The van der Waals surface area contributed by atoms with E-state index in [1.165, 1.54) is 12.8 Å². The Balaban J connectivity index is 2.71. The molecular weight excluding hydrogens is 200 g/mol. The molecule has 0 fully saturated rings. The summed E-state index contributed by atoms with van der Waals surface area (Å²) < 4.78 is 0. The van der Waals surface area contributed by atoms with Gasteiger partial charge in [-0.2, -0.15) is 0 Å². The molecule has 0 saturated carbocycles. The molecule has 90 valence electrons. The molecule has 0 amide bonds. The fourth-order valence-corrected chi connectivity index (χ4v) is 1.60. The molecule has 16 heavy (non-hydrogen) atoms. The quantitative estimate of drug-likeness (QED) is 0.764. The molecule has 1 rings (SSSR count). The Bertz CT molecular complexity index is 301. The zero-order valence-electron chi connectivity index (χ0n) is 10.5. The summed E-state index contributed by atoms with van der Waals surface area (Å²) >= 11 is 0. The Kier molecular flexibility index (Phi) is 5.78. The van der Waals surface area contributed by atoms with Crippen LogP contribution in [0, 0.1) is 0 Å². The van der Waals surface area contributed by atoms with Gasteiger partial charge in [0, 0.05) is 25.8 Å². The van der Waals surface area contributed by atoms with Crippen molar-refractivity contribution in [3.8, 4) is 0 Å². The zero-order valence-corrected chi connectivity index (χ0v) is 10.5. The lowest BCUT2D eigenvalue weighted by molar-refractivity contribution is 0.713. The first-order chi connectivity index (χ1) is 7.81. The molecule has 1 N–H and O–H groups in total. The highest BCUT2D eigenvalue weighted by Crippen LogP contribution is 2.10. The van der Waals surface area contributed by atoms with Gasteiger partial charge in [-0.05, 0) is 20.4 Å². The van der Waals surface area contributed by atoms with Crippen LogP contribution >= 0.6 is 0 Å². The van der Waals surface area contributed by atoms with E-state index in [0.717, 1.165) is 31.1 Å². The molecule has 0 aliphatic rings. The Labute approximate surface area is 98.1 Å². The van der Waals surface area contributed by atoms with Crippen molar-refractivity contribution in [1.82, 2.24) is 15.3 Å². The van der Waals surface area contributed by atoms with Crippen molar-refractivity contribution < 1.29 is 0 Å². The van der Waals surface area contributed by atoms with Gasteiger partial charge in [-0.1, -0.05) is 13.3 Å². The molecule has 0 aromatic carbocycles. The highest BCUT2D eigenvalue weighted by molar-refractivity contribution is 5.35. The van der Waals surface area contributed by atoms with Gasteiger partial charge in [0.25, 0.3) is 0 Å². The summed E-state index contributed by atoms with van der Waals surface area (Å²) in [5, 5.41) is 3.09. The van der Waals surface area contributed by atoms with Crippen molar-refractivity contribution >= 4 is 5.82 Å². The van der Waals surface area contributed by atoms with E-state index in [9.17, 15) is 0 Å².